The van der Waals surface area contributed by atoms with Crippen LogP contribution in [-0.4, -0.2) is 40.8 Å². The van der Waals surface area contributed by atoms with Gasteiger partial charge in [-0.25, -0.2) is 4.98 Å². The van der Waals surface area contributed by atoms with E-state index in [2.05, 4.69) is 25.5 Å². The number of fused-ring (bicyclic) bond motifs is 1. The number of benzene rings is 1. The standard InChI is InChI=1S/C13H13N5O3/c1-20-10-3-7-8(4-11(10)21-2)17-13(16-7)12-9(14-6-19)5-15-18-12/h3-6H,1-2H3,(H,14,19)(H,15,18)(H,16,17). The van der Waals surface area contributed by atoms with Crippen molar-refractivity contribution in [2.24, 2.45) is 0 Å². The molecule has 0 saturated carbocycles. The zero-order valence-corrected chi connectivity index (χ0v) is 11.4. The summed E-state index contributed by atoms with van der Waals surface area (Å²) in [6.07, 6.45) is 2.10. The minimum atomic E-state index is 0.544. The molecule has 0 aliphatic heterocycles. The summed E-state index contributed by atoms with van der Waals surface area (Å²) in [5.41, 5.74) is 2.64. The average molecular weight is 287 g/mol. The summed E-state index contributed by atoms with van der Waals surface area (Å²) in [5, 5.41) is 9.26. The number of aromatic amines is 2. The molecule has 0 fully saturated rings. The van der Waals surface area contributed by atoms with E-state index in [-0.39, 0.29) is 0 Å². The summed E-state index contributed by atoms with van der Waals surface area (Å²) in [7, 11) is 3.14. The van der Waals surface area contributed by atoms with Crippen molar-refractivity contribution in [1.29, 1.82) is 0 Å². The first-order valence-electron chi connectivity index (χ1n) is 6.12. The van der Waals surface area contributed by atoms with Crippen LogP contribution in [-0.2, 0) is 4.79 Å². The van der Waals surface area contributed by atoms with Crippen LogP contribution < -0.4 is 14.8 Å². The van der Waals surface area contributed by atoms with Gasteiger partial charge in [0.05, 0.1) is 37.1 Å². The van der Waals surface area contributed by atoms with Gasteiger partial charge in [-0.1, -0.05) is 0 Å². The fraction of sp³-hybridized carbons (Fsp3) is 0.154. The summed E-state index contributed by atoms with van der Waals surface area (Å²) < 4.78 is 10.5. The molecule has 3 rings (SSSR count). The number of nitrogens with one attached hydrogen (secondary N) is 3. The van der Waals surface area contributed by atoms with E-state index in [9.17, 15) is 4.79 Å². The minimum absolute atomic E-state index is 0.544. The smallest absolute Gasteiger partial charge is 0.211 e. The number of rotatable bonds is 5. The number of anilines is 1. The number of hydrogen-bond acceptors (Lipinski definition) is 5. The number of aromatic nitrogens is 4. The van der Waals surface area contributed by atoms with Gasteiger partial charge in [0.1, 0.15) is 5.69 Å². The predicted octanol–water partition coefficient (Wildman–Crippen LogP) is 1.54. The predicted molar refractivity (Wildman–Crippen MR) is 76.5 cm³/mol. The first-order chi connectivity index (χ1) is 10.3. The van der Waals surface area contributed by atoms with Crippen LogP contribution in [0.4, 0.5) is 5.69 Å². The average Bonchev–Trinajstić information content (AvgIpc) is 3.11. The lowest BCUT2D eigenvalue weighted by Crippen LogP contribution is -1.94. The number of ether oxygens (including phenoxy) is 2. The quantitative estimate of drug-likeness (QED) is 0.617. The number of methoxy groups -OCH3 is 2. The van der Waals surface area contributed by atoms with Gasteiger partial charge >= 0.3 is 0 Å². The molecule has 0 saturated heterocycles. The molecule has 21 heavy (non-hydrogen) atoms. The molecule has 3 aromatic rings. The first kappa shape index (κ1) is 13.0. The molecule has 0 aliphatic carbocycles. The van der Waals surface area contributed by atoms with Crippen LogP contribution in [0.5, 0.6) is 11.5 Å². The van der Waals surface area contributed by atoms with Crippen molar-refractivity contribution in [3.63, 3.8) is 0 Å². The van der Waals surface area contributed by atoms with E-state index < -0.39 is 0 Å². The third kappa shape index (κ3) is 2.16. The van der Waals surface area contributed by atoms with E-state index >= 15 is 0 Å². The summed E-state index contributed by atoms with van der Waals surface area (Å²) in [4.78, 5) is 18.2. The molecule has 0 bridgehead atoms. The van der Waals surface area contributed by atoms with Gasteiger partial charge < -0.3 is 19.8 Å². The molecule has 2 aromatic heterocycles. The van der Waals surface area contributed by atoms with Crippen LogP contribution >= 0.6 is 0 Å². The van der Waals surface area contributed by atoms with Gasteiger partial charge in [-0.2, -0.15) is 5.10 Å². The number of H-pyrrole nitrogens is 2. The molecule has 8 nitrogen and oxygen atoms in total. The Balaban J connectivity index is 2.12. The van der Waals surface area contributed by atoms with E-state index in [1.807, 2.05) is 0 Å². The Bertz CT molecular complexity index is 751. The van der Waals surface area contributed by atoms with Gasteiger partial charge in [-0.15, -0.1) is 0 Å². The Labute approximate surface area is 119 Å². The number of amides is 1. The summed E-state index contributed by atoms with van der Waals surface area (Å²) >= 11 is 0. The molecule has 2 heterocycles. The zero-order chi connectivity index (χ0) is 14.8. The Hall–Kier alpha value is -3.03. The van der Waals surface area contributed by atoms with Crippen molar-refractivity contribution in [3.05, 3.63) is 18.3 Å². The second-order valence-corrected chi connectivity index (χ2v) is 4.23. The first-order valence-corrected chi connectivity index (χ1v) is 6.12. The third-order valence-electron chi connectivity index (χ3n) is 3.08. The largest absolute Gasteiger partial charge is 0.493 e. The highest BCUT2D eigenvalue weighted by Gasteiger charge is 2.14. The Morgan fingerprint density at radius 1 is 1.24 bits per heavy atom. The number of nitrogens with zero attached hydrogens (tertiary/aromatic N) is 2. The SMILES string of the molecule is COc1cc2nc(-c3[nH]ncc3NC=O)[nH]c2cc1OC. The van der Waals surface area contributed by atoms with E-state index in [1.165, 1.54) is 6.20 Å². The van der Waals surface area contributed by atoms with Gasteiger partial charge in [0, 0.05) is 12.1 Å². The topological polar surface area (TPSA) is 105 Å². The maximum atomic E-state index is 10.6. The second-order valence-electron chi connectivity index (χ2n) is 4.23. The third-order valence-corrected chi connectivity index (χ3v) is 3.08. The van der Waals surface area contributed by atoms with Gasteiger partial charge in [0.15, 0.2) is 17.3 Å². The second kappa shape index (κ2) is 5.16. The van der Waals surface area contributed by atoms with Crippen LogP contribution in [0.25, 0.3) is 22.6 Å². The molecule has 1 aromatic carbocycles. The van der Waals surface area contributed by atoms with Crippen LogP contribution in [0.2, 0.25) is 0 Å². The fourth-order valence-electron chi connectivity index (χ4n) is 2.09. The van der Waals surface area contributed by atoms with Crippen molar-refractivity contribution >= 4 is 23.1 Å². The molecule has 0 atom stereocenters. The summed E-state index contributed by atoms with van der Waals surface area (Å²) in [6.45, 7) is 0. The zero-order valence-electron chi connectivity index (χ0n) is 11.4. The lowest BCUT2D eigenvalue weighted by Gasteiger charge is -2.06. The lowest BCUT2D eigenvalue weighted by molar-refractivity contribution is -0.105. The van der Waals surface area contributed by atoms with Gasteiger partial charge in [-0.3, -0.25) is 9.89 Å². The van der Waals surface area contributed by atoms with E-state index in [1.54, 1.807) is 26.4 Å². The molecule has 3 N–H and O–H groups in total. The molecule has 0 unspecified atom stereocenters. The number of carbonyl (C=O) groups is 1. The number of carbonyl (C=O) groups excluding carboxylic acids is 1. The lowest BCUT2D eigenvalue weighted by atomic mass is 10.3. The van der Waals surface area contributed by atoms with Crippen molar-refractivity contribution in [2.75, 3.05) is 19.5 Å². The normalized spacial score (nSPS) is 10.6. The van der Waals surface area contributed by atoms with Crippen molar-refractivity contribution in [3.8, 4) is 23.0 Å². The van der Waals surface area contributed by atoms with Crippen molar-refractivity contribution < 1.29 is 14.3 Å². The highest BCUT2D eigenvalue weighted by atomic mass is 16.5. The Kier molecular flexibility index (Phi) is 3.19. The molecule has 0 radical (unpaired) electrons. The van der Waals surface area contributed by atoms with E-state index in [0.717, 1.165) is 5.52 Å². The van der Waals surface area contributed by atoms with E-state index in [0.29, 0.717) is 40.6 Å². The van der Waals surface area contributed by atoms with E-state index in [4.69, 9.17) is 9.47 Å². The molecule has 0 spiro atoms. The number of hydrogen-bond donors (Lipinski definition) is 3. The molecular formula is C13H13N5O3. The monoisotopic (exact) mass is 287 g/mol. The molecule has 8 heteroatoms. The van der Waals surface area contributed by atoms with Gasteiger partial charge in [0.25, 0.3) is 0 Å². The molecule has 0 aliphatic rings. The van der Waals surface area contributed by atoms with Crippen LogP contribution in [0, 0.1) is 0 Å². The van der Waals surface area contributed by atoms with Gasteiger partial charge in [0.2, 0.25) is 6.41 Å². The Morgan fingerprint density at radius 2 is 2.00 bits per heavy atom. The number of imidazole rings is 1. The minimum Gasteiger partial charge on any atom is -0.493 e. The highest BCUT2D eigenvalue weighted by molar-refractivity contribution is 5.86. The summed E-state index contributed by atoms with van der Waals surface area (Å²) in [5.74, 6) is 1.76. The maximum Gasteiger partial charge on any atom is 0.211 e. The van der Waals surface area contributed by atoms with Crippen molar-refractivity contribution in [1.82, 2.24) is 20.2 Å². The highest BCUT2D eigenvalue weighted by Crippen LogP contribution is 2.33. The molecule has 1 amide bonds. The Morgan fingerprint density at radius 3 is 2.71 bits per heavy atom. The summed E-state index contributed by atoms with van der Waals surface area (Å²) in [6, 6.07) is 3.57. The fourth-order valence-corrected chi connectivity index (χ4v) is 2.09. The van der Waals surface area contributed by atoms with Crippen LogP contribution in [0.3, 0.4) is 0 Å². The molecule has 108 valence electrons. The maximum absolute atomic E-state index is 10.6. The molecular weight excluding hydrogens is 274 g/mol. The van der Waals surface area contributed by atoms with Crippen LogP contribution in [0.1, 0.15) is 0 Å². The van der Waals surface area contributed by atoms with Crippen molar-refractivity contribution in [2.45, 2.75) is 0 Å². The van der Waals surface area contributed by atoms with Crippen LogP contribution in [0.15, 0.2) is 18.3 Å². The van der Waals surface area contributed by atoms with Gasteiger partial charge in [-0.05, 0) is 0 Å².